The molecule has 111 heavy (non-hydrogen) atoms. The topological polar surface area (TPSA) is 402 Å². The van der Waals surface area contributed by atoms with Crippen molar-refractivity contribution in [1.29, 1.82) is 0 Å². The Morgan fingerprint density at radius 2 is 0.757 bits per heavy atom. The zero-order chi connectivity index (χ0) is 83.7. The number of nitrogens with one attached hydrogen (secondary N) is 4. The van der Waals surface area contributed by atoms with Gasteiger partial charge in [0.15, 0.2) is 18.7 Å². The van der Waals surface area contributed by atoms with Crippen LogP contribution in [-0.4, -0.2) is 338 Å². The molecule has 0 aliphatic carbocycles. The SMILES string of the molecule is C=C1NC(=O)C(C#CC)=CN1[C@@H]1O[C@H](CCP(=C)(C)C)[C@@H](O)[C@H]1O.C=C1NC(=O)C(CO)=CN1[C@@H]1O[C@H](CCP(=C)(C)C)[C@@H](O)[C@H]1O.C=C1NC(=O)C=CN1[C@@H]1O[C@H](CCP(=C)(C)C)[C@@H](O)[C@H]1C.C=C1NC(=O)C=CN1[C@@H]1O[C@H](CCP(=C)(C)C)[C@@H](O)[C@H]1C.C=P(C)(C)CC[C@H]1O[C@@H](n2ccc(=O)n(C)c2=O)[C@H](O)[C@@H]1O. The largest absolute Gasteiger partial charge is 0.391 e. The predicted octanol–water partition coefficient (Wildman–Crippen LogP) is 1.37. The first-order valence-corrected chi connectivity index (χ1v) is 51.9. The molecular formula is C76H123N10O20P5. The Balaban J connectivity index is 0.000000217. The molecule has 0 spiro atoms. The van der Waals surface area contributed by atoms with Crippen molar-refractivity contribution in [3.8, 4) is 11.8 Å². The van der Waals surface area contributed by atoms with Crippen LogP contribution in [0.25, 0.3) is 0 Å². The second kappa shape index (κ2) is 39.2. The van der Waals surface area contributed by atoms with Crippen molar-refractivity contribution in [2.75, 3.05) is 104 Å². The Hall–Kier alpha value is -5.82. The summed E-state index contributed by atoms with van der Waals surface area (Å²) in [6, 6.07) is 1.22. The van der Waals surface area contributed by atoms with Gasteiger partial charge in [0, 0.05) is 68.1 Å². The molecule has 622 valence electrons. The van der Waals surface area contributed by atoms with Gasteiger partial charge in [0.2, 0.25) is 0 Å². The van der Waals surface area contributed by atoms with Crippen LogP contribution >= 0.6 is 34.4 Å². The van der Waals surface area contributed by atoms with E-state index in [9.17, 15) is 74.7 Å². The summed E-state index contributed by atoms with van der Waals surface area (Å²) in [6.45, 7) is 35.6. The molecule has 5 saturated heterocycles. The summed E-state index contributed by atoms with van der Waals surface area (Å²) in [5.41, 5.74) is -0.636. The fourth-order valence-electron chi connectivity index (χ4n) is 13.0. The van der Waals surface area contributed by atoms with Gasteiger partial charge in [-0.3, -0.25) is 33.1 Å². The van der Waals surface area contributed by atoms with E-state index < -0.39 is 144 Å². The van der Waals surface area contributed by atoms with E-state index >= 15 is 0 Å². The molecule has 0 unspecified atom stereocenters. The molecule has 10 rings (SSSR count). The first-order valence-electron chi connectivity index (χ1n) is 36.6. The van der Waals surface area contributed by atoms with Gasteiger partial charge in [0.25, 0.3) is 29.2 Å². The molecule has 5 fully saturated rings. The van der Waals surface area contributed by atoms with Crippen LogP contribution in [0.3, 0.4) is 0 Å². The number of aromatic nitrogens is 2. The first-order chi connectivity index (χ1) is 51.3. The van der Waals surface area contributed by atoms with E-state index in [2.05, 4.69) is 158 Å². The smallest absolute Gasteiger partial charge is 0.332 e. The molecule has 0 aromatic carbocycles. The van der Waals surface area contributed by atoms with E-state index in [0.29, 0.717) is 30.9 Å². The van der Waals surface area contributed by atoms with Crippen LogP contribution in [0.5, 0.6) is 0 Å². The zero-order valence-corrected chi connectivity index (χ0v) is 71.2. The molecule has 4 amide bonds. The number of ether oxygens (including phenoxy) is 5. The van der Waals surface area contributed by atoms with Gasteiger partial charge < -0.3 is 111 Å². The fraction of sp³-hybridized carbons (Fsp3) is 0.592. The van der Waals surface area contributed by atoms with Crippen molar-refractivity contribution in [2.24, 2.45) is 18.9 Å². The van der Waals surface area contributed by atoms with Gasteiger partial charge in [-0.25, -0.2) is 4.79 Å². The number of aliphatic hydroxyl groups excluding tert-OH is 9. The van der Waals surface area contributed by atoms with E-state index in [-0.39, 0.29) is 77.0 Å². The standard InChI is InChI=1S/C17H25N2O4P.C15H25N2O5P.2C15H25N2O3P.C14H23N2O5P/c1-6-7-12-10-19(11(2)18-16(12)22)17-15(21)14(20)13(23-17)8-9-24(3,4)5;1-9-16-14(21)10(8-18)7-17(9)15-13(20)12(19)11(22-15)5-6-23(2,3)4;2*1-10-14(19)12(7-9-21(3,4)5)20-15(10)17-8-6-13(18)16-11(17)2;1-15-10(17)5-7-16(14(15)20)13-12(19)11(18)9(21-13)6-8-22(2,3)4/h10,13-15,17,20-21H,2-3,8-9H2,1,4-5H3,(H,18,22);7,11-13,15,18-20H,1-2,5-6,8H2,3-4H3,(H,16,21);2*6,8,10,12,14-15,19H,2-3,7,9H2,1,4-5H3,(H,16,18);5,7,9,11-13,18-19H,2,6,8H2,1,3-4H3/t13-,14-,15-,17-;11-,12-,13-,15-;2*10-,12-,14+,15-;9-,11-,12-,13-/m11111/s1. The van der Waals surface area contributed by atoms with E-state index in [1.165, 1.54) is 53.7 Å². The van der Waals surface area contributed by atoms with Crippen LogP contribution in [0.2, 0.25) is 0 Å². The monoisotopic (exact) mass is 1650 g/mol. The lowest BCUT2D eigenvalue weighted by atomic mass is 10.00. The minimum atomic E-state index is -1.27. The van der Waals surface area contributed by atoms with Gasteiger partial charge in [0.1, 0.15) is 77.9 Å². The van der Waals surface area contributed by atoms with E-state index in [1.54, 1.807) is 29.1 Å². The van der Waals surface area contributed by atoms with Gasteiger partial charge >= 0.3 is 5.69 Å². The minimum Gasteiger partial charge on any atom is -0.391 e. The van der Waals surface area contributed by atoms with Crippen molar-refractivity contribution < 1.29 is 88.8 Å². The number of amides is 4. The maximum Gasteiger partial charge on any atom is 0.332 e. The van der Waals surface area contributed by atoms with Gasteiger partial charge in [-0.1, -0.05) is 46.1 Å². The molecule has 10 heterocycles. The molecule has 9 aliphatic heterocycles. The quantitative estimate of drug-likeness (QED) is 0.0610. The minimum absolute atomic E-state index is 0.0577. The molecule has 0 saturated carbocycles. The van der Waals surface area contributed by atoms with Gasteiger partial charge in [-0.05, 0) is 136 Å². The summed E-state index contributed by atoms with van der Waals surface area (Å²) >= 11 is 0. The third-order valence-corrected chi connectivity index (χ3v) is 27.0. The van der Waals surface area contributed by atoms with Gasteiger partial charge in [-0.15, -0.1) is 71.8 Å². The highest BCUT2D eigenvalue weighted by Crippen LogP contribution is 2.45. The molecule has 13 N–H and O–H groups in total. The molecule has 0 radical (unpaired) electrons. The normalized spacial score (nSPS) is 31.6. The van der Waals surface area contributed by atoms with Crippen LogP contribution in [-0.2, 0) is 49.9 Å². The maximum atomic E-state index is 12.1. The summed E-state index contributed by atoms with van der Waals surface area (Å²) in [7, 11) is 1.35. The van der Waals surface area contributed by atoms with Crippen molar-refractivity contribution >= 4 is 89.6 Å². The summed E-state index contributed by atoms with van der Waals surface area (Å²) < 4.78 is 31.5. The number of aliphatic hydroxyl groups is 9. The molecule has 30 nitrogen and oxygen atoms in total. The average molecular weight is 1650 g/mol. The second-order valence-corrected chi connectivity index (χ2v) is 54.4. The fourth-order valence-corrected chi connectivity index (χ4v) is 17.8. The molecule has 0 bridgehead atoms. The highest BCUT2D eigenvalue weighted by Gasteiger charge is 2.50. The number of nitrogens with zero attached hydrogens (tertiary/aromatic N) is 6. The van der Waals surface area contributed by atoms with Crippen LogP contribution in [0.4, 0.5) is 0 Å². The number of hydrogen-bond donors (Lipinski definition) is 13. The molecule has 20 atom stereocenters. The Morgan fingerprint density at radius 3 is 1.10 bits per heavy atom. The highest BCUT2D eigenvalue weighted by atomic mass is 31.2. The van der Waals surface area contributed by atoms with E-state index in [1.807, 2.05) is 13.8 Å². The van der Waals surface area contributed by atoms with Gasteiger partial charge in [0.05, 0.1) is 54.9 Å². The number of hydrogen-bond acceptors (Lipinski definition) is 24. The molecular weight excluding hydrogens is 1530 g/mol. The van der Waals surface area contributed by atoms with Crippen molar-refractivity contribution in [3.63, 3.8) is 0 Å². The lowest BCUT2D eigenvalue weighted by molar-refractivity contribution is -0.120. The molecule has 1 aromatic rings. The summed E-state index contributed by atoms with van der Waals surface area (Å²) in [6.07, 6.45) is 26.2. The Kier molecular flexibility index (Phi) is 33.2. The van der Waals surface area contributed by atoms with Crippen molar-refractivity contribution in [2.45, 2.75) is 163 Å². The summed E-state index contributed by atoms with van der Waals surface area (Å²) in [5, 5.41) is 102. The summed E-state index contributed by atoms with van der Waals surface area (Å²) in [4.78, 5) is 76.1. The summed E-state index contributed by atoms with van der Waals surface area (Å²) in [5.74, 6) is 5.56. The lowest BCUT2D eigenvalue weighted by Crippen LogP contribution is -2.48. The second-order valence-electron chi connectivity index (χ2n) is 32.8. The highest BCUT2D eigenvalue weighted by molar-refractivity contribution is 7.73. The Labute approximate surface area is 654 Å². The Bertz CT molecular complexity index is 4080. The van der Waals surface area contributed by atoms with Gasteiger partial charge in [-0.2, -0.15) is 0 Å². The van der Waals surface area contributed by atoms with E-state index in [0.717, 1.165) is 52.8 Å². The average Bonchev–Trinajstić information content (AvgIpc) is 1.72. The molecule has 9 aliphatic rings. The first kappa shape index (κ1) is 94.0. The zero-order valence-electron chi connectivity index (χ0n) is 66.7. The van der Waals surface area contributed by atoms with Crippen LogP contribution in [0.1, 0.15) is 59.1 Å². The molecule has 35 heteroatoms. The van der Waals surface area contributed by atoms with Crippen LogP contribution in [0.15, 0.2) is 120 Å². The number of carbonyl (C=O) groups is 4. The number of carbonyl (C=O) groups excluding carboxylic acids is 4. The van der Waals surface area contributed by atoms with Crippen LogP contribution < -0.4 is 32.5 Å². The lowest BCUT2D eigenvalue weighted by Gasteiger charge is -2.34. The predicted molar refractivity (Wildman–Crippen MR) is 449 cm³/mol. The third kappa shape index (κ3) is 26.1. The van der Waals surface area contributed by atoms with Crippen molar-refractivity contribution in [1.82, 2.24) is 50.0 Å². The van der Waals surface area contributed by atoms with Crippen LogP contribution in [0, 0.1) is 23.7 Å². The Morgan fingerprint density at radius 1 is 0.441 bits per heavy atom. The third-order valence-electron chi connectivity index (χ3n) is 19.7. The van der Waals surface area contributed by atoms with E-state index in [4.69, 9.17) is 23.7 Å². The maximum absolute atomic E-state index is 12.1. The molecule has 1 aromatic heterocycles. The van der Waals surface area contributed by atoms with Crippen molar-refractivity contribution in [3.05, 3.63) is 131 Å². The number of rotatable bonds is 21.